The first-order valence-electron chi connectivity index (χ1n) is 9.70. The number of hydrogen-bond donors (Lipinski definition) is 3. The van der Waals surface area contributed by atoms with Crippen LogP contribution in [0, 0.1) is 5.92 Å². The lowest BCUT2D eigenvalue weighted by molar-refractivity contribution is -0.123. The van der Waals surface area contributed by atoms with E-state index in [4.69, 9.17) is 0 Å². The minimum atomic E-state index is -0.0484. The van der Waals surface area contributed by atoms with E-state index in [9.17, 15) is 9.59 Å². The van der Waals surface area contributed by atoms with Crippen LogP contribution in [0.4, 0.5) is 5.69 Å². The van der Waals surface area contributed by atoms with Gasteiger partial charge in [0, 0.05) is 32.2 Å². The molecular weight excluding hydrogens is 364 g/mol. The van der Waals surface area contributed by atoms with Gasteiger partial charge in [-0.1, -0.05) is 12.1 Å². The fraction of sp³-hybridized carbons (Fsp3) is 0.600. The van der Waals surface area contributed by atoms with Gasteiger partial charge in [0.25, 0.3) is 0 Å². The summed E-state index contributed by atoms with van der Waals surface area (Å²) in [5, 5.41) is 9.23. The molecule has 2 atom stereocenters. The third-order valence-corrected chi connectivity index (χ3v) is 5.20. The van der Waals surface area contributed by atoms with E-state index < -0.39 is 0 Å². The minimum absolute atomic E-state index is 0. The SMILES string of the molecule is CC(=O)Nc1cccc(CN2CCCC(CNC(=O)C3CCCN3)C2)c1.Cl. The van der Waals surface area contributed by atoms with Gasteiger partial charge in [-0.25, -0.2) is 0 Å². The average molecular weight is 395 g/mol. The highest BCUT2D eigenvalue weighted by Crippen LogP contribution is 2.20. The first-order valence-corrected chi connectivity index (χ1v) is 9.70. The Hall–Kier alpha value is -1.63. The highest BCUT2D eigenvalue weighted by Gasteiger charge is 2.24. The molecule has 1 aromatic rings. The van der Waals surface area contributed by atoms with Crippen LogP contribution >= 0.6 is 12.4 Å². The summed E-state index contributed by atoms with van der Waals surface area (Å²) >= 11 is 0. The lowest BCUT2D eigenvalue weighted by atomic mass is 9.97. The second-order valence-electron chi connectivity index (χ2n) is 7.52. The van der Waals surface area contributed by atoms with E-state index in [2.05, 4.69) is 26.9 Å². The van der Waals surface area contributed by atoms with Crippen molar-refractivity contribution in [2.45, 2.75) is 45.2 Å². The average Bonchev–Trinajstić information content (AvgIpc) is 3.14. The molecule has 3 N–H and O–H groups in total. The predicted octanol–water partition coefficient (Wildman–Crippen LogP) is 2.15. The number of benzene rings is 1. The maximum absolute atomic E-state index is 12.2. The van der Waals surface area contributed by atoms with Crippen molar-refractivity contribution < 1.29 is 9.59 Å². The summed E-state index contributed by atoms with van der Waals surface area (Å²) in [6.45, 7) is 6.20. The molecule has 0 radical (unpaired) electrons. The van der Waals surface area contributed by atoms with Gasteiger partial charge in [0.1, 0.15) is 0 Å². The molecule has 2 unspecified atom stereocenters. The summed E-state index contributed by atoms with van der Waals surface area (Å²) in [7, 11) is 0. The van der Waals surface area contributed by atoms with E-state index >= 15 is 0 Å². The fourth-order valence-electron chi connectivity index (χ4n) is 3.95. The van der Waals surface area contributed by atoms with Crippen LogP contribution in [0.25, 0.3) is 0 Å². The maximum Gasteiger partial charge on any atom is 0.237 e. The van der Waals surface area contributed by atoms with Crippen molar-refractivity contribution in [1.29, 1.82) is 0 Å². The number of carbonyl (C=O) groups excluding carboxylic acids is 2. The Morgan fingerprint density at radius 2 is 2.11 bits per heavy atom. The van der Waals surface area contributed by atoms with Crippen LogP contribution in [0.5, 0.6) is 0 Å². The van der Waals surface area contributed by atoms with Crippen LogP contribution in [0.1, 0.15) is 38.2 Å². The Morgan fingerprint density at radius 1 is 1.26 bits per heavy atom. The number of carbonyl (C=O) groups is 2. The van der Waals surface area contributed by atoms with Gasteiger partial charge in [0.15, 0.2) is 0 Å². The monoisotopic (exact) mass is 394 g/mol. The van der Waals surface area contributed by atoms with Crippen LogP contribution in [0.2, 0.25) is 0 Å². The molecule has 0 spiro atoms. The molecule has 0 aromatic heterocycles. The number of amides is 2. The molecule has 6 nitrogen and oxygen atoms in total. The van der Waals surface area contributed by atoms with Gasteiger partial charge in [-0.05, 0) is 62.4 Å². The second-order valence-corrected chi connectivity index (χ2v) is 7.52. The minimum Gasteiger partial charge on any atom is -0.354 e. The molecular formula is C20H31ClN4O2. The molecule has 7 heteroatoms. The highest BCUT2D eigenvalue weighted by atomic mass is 35.5. The smallest absolute Gasteiger partial charge is 0.237 e. The number of piperidine rings is 1. The zero-order valence-corrected chi connectivity index (χ0v) is 16.8. The number of nitrogens with zero attached hydrogens (tertiary/aromatic N) is 1. The van der Waals surface area contributed by atoms with Gasteiger partial charge < -0.3 is 16.0 Å². The zero-order chi connectivity index (χ0) is 18.4. The Morgan fingerprint density at radius 3 is 2.85 bits per heavy atom. The van der Waals surface area contributed by atoms with E-state index in [0.717, 1.165) is 57.7 Å². The van der Waals surface area contributed by atoms with Gasteiger partial charge in [-0.3, -0.25) is 14.5 Å². The predicted molar refractivity (Wildman–Crippen MR) is 110 cm³/mol. The summed E-state index contributed by atoms with van der Waals surface area (Å²) in [5.41, 5.74) is 2.05. The summed E-state index contributed by atoms with van der Waals surface area (Å²) in [6, 6.07) is 8.04. The molecule has 2 heterocycles. The van der Waals surface area contributed by atoms with E-state index in [1.807, 2.05) is 18.2 Å². The van der Waals surface area contributed by atoms with Crippen LogP contribution in [-0.4, -0.2) is 48.9 Å². The van der Waals surface area contributed by atoms with Crippen molar-refractivity contribution in [1.82, 2.24) is 15.5 Å². The fourth-order valence-corrected chi connectivity index (χ4v) is 3.95. The van der Waals surface area contributed by atoms with E-state index in [1.165, 1.54) is 18.9 Å². The van der Waals surface area contributed by atoms with Crippen LogP contribution in [-0.2, 0) is 16.1 Å². The number of hydrogen-bond acceptors (Lipinski definition) is 4. The molecule has 3 rings (SSSR count). The molecule has 2 saturated heterocycles. The first kappa shape index (κ1) is 21.7. The first-order chi connectivity index (χ1) is 12.6. The zero-order valence-electron chi connectivity index (χ0n) is 16.0. The Balaban J connectivity index is 0.00000261. The molecule has 0 saturated carbocycles. The second kappa shape index (κ2) is 10.6. The third kappa shape index (κ3) is 6.79. The van der Waals surface area contributed by atoms with Crippen molar-refractivity contribution >= 4 is 29.9 Å². The summed E-state index contributed by atoms with van der Waals surface area (Å²) in [6.07, 6.45) is 4.37. The normalized spacial score (nSPS) is 22.7. The van der Waals surface area contributed by atoms with Gasteiger partial charge in [-0.15, -0.1) is 12.4 Å². The lowest BCUT2D eigenvalue weighted by Gasteiger charge is -2.33. The molecule has 1 aromatic carbocycles. The number of rotatable bonds is 6. The van der Waals surface area contributed by atoms with Crippen molar-refractivity contribution in [2.75, 3.05) is 31.5 Å². The highest BCUT2D eigenvalue weighted by molar-refractivity contribution is 5.88. The molecule has 0 aliphatic carbocycles. The molecule has 2 aliphatic rings. The van der Waals surface area contributed by atoms with E-state index in [1.54, 1.807) is 0 Å². The Kier molecular flexibility index (Phi) is 8.54. The van der Waals surface area contributed by atoms with Gasteiger partial charge in [0.2, 0.25) is 11.8 Å². The van der Waals surface area contributed by atoms with Gasteiger partial charge >= 0.3 is 0 Å². The molecule has 2 aliphatic heterocycles. The van der Waals surface area contributed by atoms with Crippen molar-refractivity contribution in [3.63, 3.8) is 0 Å². The lowest BCUT2D eigenvalue weighted by Crippen LogP contribution is -2.45. The molecule has 0 bridgehead atoms. The van der Waals surface area contributed by atoms with Gasteiger partial charge in [-0.2, -0.15) is 0 Å². The summed E-state index contributed by atoms with van der Waals surface area (Å²) in [5.74, 6) is 0.614. The van der Waals surface area contributed by atoms with Crippen LogP contribution < -0.4 is 16.0 Å². The number of anilines is 1. The molecule has 27 heavy (non-hydrogen) atoms. The van der Waals surface area contributed by atoms with Gasteiger partial charge in [0.05, 0.1) is 6.04 Å². The quantitative estimate of drug-likeness (QED) is 0.691. The number of likely N-dealkylation sites (tertiary alicyclic amines) is 1. The number of nitrogens with one attached hydrogen (secondary N) is 3. The van der Waals surface area contributed by atoms with E-state index in [0.29, 0.717) is 5.92 Å². The Bertz CT molecular complexity index is 634. The summed E-state index contributed by atoms with van der Waals surface area (Å²) in [4.78, 5) is 25.8. The van der Waals surface area contributed by atoms with Crippen molar-refractivity contribution in [3.8, 4) is 0 Å². The van der Waals surface area contributed by atoms with Crippen LogP contribution in [0.3, 0.4) is 0 Å². The topological polar surface area (TPSA) is 73.5 Å². The molecule has 2 fully saturated rings. The van der Waals surface area contributed by atoms with Crippen molar-refractivity contribution in [3.05, 3.63) is 29.8 Å². The maximum atomic E-state index is 12.2. The molecule has 2 amide bonds. The third-order valence-electron chi connectivity index (χ3n) is 5.20. The standard InChI is InChI=1S/C20H30N4O2.ClH/c1-15(25)23-18-7-2-5-16(11-18)13-24-10-4-6-17(14-24)12-22-20(26)19-8-3-9-21-19;/h2,5,7,11,17,19,21H,3-4,6,8-10,12-14H2,1H3,(H,22,26)(H,23,25);1H. The van der Waals surface area contributed by atoms with Crippen LogP contribution in [0.15, 0.2) is 24.3 Å². The Labute approximate surface area is 167 Å². The molecule has 150 valence electrons. The summed E-state index contributed by atoms with van der Waals surface area (Å²) < 4.78 is 0. The van der Waals surface area contributed by atoms with Crippen molar-refractivity contribution in [2.24, 2.45) is 5.92 Å². The largest absolute Gasteiger partial charge is 0.354 e. The number of halogens is 1. The van der Waals surface area contributed by atoms with E-state index in [-0.39, 0.29) is 30.3 Å².